The van der Waals surface area contributed by atoms with Crippen LogP contribution < -0.4 is 15.8 Å². The fourth-order valence-electron chi connectivity index (χ4n) is 5.40. The zero-order valence-electron chi connectivity index (χ0n) is 27.1. The van der Waals surface area contributed by atoms with Crippen LogP contribution in [-0.4, -0.2) is 72.8 Å². The topological polar surface area (TPSA) is 127 Å². The van der Waals surface area contributed by atoms with Crippen molar-refractivity contribution in [2.45, 2.75) is 66.3 Å². The number of fused-ring (bicyclic) bond motifs is 1. The highest BCUT2D eigenvalue weighted by Gasteiger charge is 2.32. The summed E-state index contributed by atoms with van der Waals surface area (Å²) < 4.78 is 47.9. The van der Waals surface area contributed by atoms with Crippen molar-refractivity contribution in [3.8, 4) is 11.4 Å². The normalized spacial score (nSPS) is 14.1. The van der Waals surface area contributed by atoms with Gasteiger partial charge in [-0.15, -0.1) is 5.10 Å². The monoisotopic (exact) mass is 654 g/mol. The van der Waals surface area contributed by atoms with E-state index >= 15 is 0 Å². The molecule has 0 atom stereocenters. The van der Waals surface area contributed by atoms with Crippen LogP contribution in [0.1, 0.15) is 50.2 Å². The molecule has 1 aromatic carbocycles. The second-order valence-corrected chi connectivity index (χ2v) is 12.4. The van der Waals surface area contributed by atoms with E-state index in [2.05, 4.69) is 20.4 Å². The standard InChI is InChI=1S/C32H37F3N8O4/c1-7-24-26(40-12-14-41(15-13-40)30(46)47-31(4,5)6)28(45)43-29(38-27(39-43)21-9-8-20(3)36-17-21)42(24)18-25(44)37-23-11-10-22(16-19(23)2)32(33,34)35/h8-11,16-17H,7,12-15,18H2,1-6H3,(H,37,44). The summed E-state index contributed by atoms with van der Waals surface area (Å²) in [6, 6.07) is 6.67. The van der Waals surface area contributed by atoms with Crippen LogP contribution in [0.3, 0.4) is 0 Å². The lowest BCUT2D eigenvalue weighted by Gasteiger charge is -2.37. The highest BCUT2D eigenvalue weighted by Crippen LogP contribution is 2.32. The molecule has 4 aromatic rings. The van der Waals surface area contributed by atoms with Gasteiger partial charge in [0.2, 0.25) is 11.7 Å². The number of halogens is 3. The van der Waals surface area contributed by atoms with Crippen LogP contribution in [0.5, 0.6) is 0 Å². The quantitative estimate of drug-likeness (QED) is 0.313. The van der Waals surface area contributed by atoms with Crippen LogP contribution in [0.15, 0.2) is 41.3 Å². The minimum atomic E-state index is -4.52. The van der Waals surface area contributed by atoms with Gasteiger partial charge < -0.3 is 24.4 Å². The fourth-order valence-corrected chi connectivity index (χ4v) is 5.40. The van der Waals surface area contributed by atoms with Crippen LogP contribution >= 0.6 is 0 Å². The summed E-state index contributed by atoms with van der Waals surface area (Å²) in [5, 5.41) is 7.21. The maximum absolute atomic E-state index is 14.1. The van der Waals surface area contributed by atoms with Gasteiger partial charge in [-0.3, -0.25) is 14.6 Å². The van der Waals surface area contributed by atoms with Crippen molar-refractivity contribution in [1.29, 1.82) is 0 Å². The van der Waals surface area contributed by atoms with Gasteiger partial charge >= 0.3 is 12.3 Å². The Morgan fingerprint density at radius 1 is 1.02 bits per heavy atom. The van der Waals surface area contributed by atoms with Gasteiger partial charge in [0.1, 0.15) is 17.8 Å². The minimum absolute atomic E-state index is 0.123. The van der Waals surface area contributed by atoms with Gasteiger partial charge in [-0.1, -0.05) is 6.92 Å². The Morgan fingerprint density at radius 3 is 2.30 bits per heavy atom. The Labute approximate surface area is 269 Å². The van der Waals surface area contributed by atoms with Crippen molar-refractivity contribution in [2.24, 2.45) is 0 Å². The first kappa shape index (κ1) is 33.4. The smallest absolute Gasteiger partial charge is 0.416 e. The molecular formula is C32H37F3N8O4. The second-order valence-electron chi connectivity index (χ2n) is 12.4. The Hall–Kier alpha value is -4.95. The van der Waals surface area contributed by atoms with Crippen molar-refractivity contribution in [1.82, 2.24) is 29.0 Å². The van der Waals surface area contributed by atoms with Gasteiger partial charge in [-0.2, -0.15) is 22.7 Å². The number of anilines is 2. The lowest BCUT2D eigenvalue weighted by Crippen LogP contribution is -2.51. The highest BCUT2D eigenvalue weighted by molar-refractivity contribution is 5.91. The number of carbonyl (C=O) groups is 2. The molecule has 1 aliphatic rings. The van der Waals surface area contributed by atoms with E-state index in [1.807, 2.05) is 18.7 Å². The largest absolute Gasteiger partial charge is 0.444 e. The number of hydrogen-bond donors (Lipinski definition) is 1. The van der Waals surface area contributed by atoms with Gasteiger partial charge in [0, 0.05) is 49.3 Å². The van der Waals surface area contributed by atoms with Gasteiger partial charge in [-0.25, -0.2) is 4.79 Å². The van der Waals surface area contributed by atoms with E-state index in [4.69, 9.17) is 4.74 Å². The highest BCUT2D eigenvalue weighted by atomic mass is 19.4. The van der Waals surface area contributed by atoms with E-state index in [-0.39, 0.29) is 29.4 Å². The number of amides is 2. The number of piperazine rings is 1. The van der Waals surface area contributed by atoms with E-state index < -0.39 is 34.9 Å². The Kier molecular flexibility index (Phi) is 9.02. The first-order chi connectivity index (χ1) is 22.1. The van der Waals surface area contributed by atoms with Crippen molar-refractivity contribution in [2.75, 3.05) is 36.4 Å². The molecule has 0 bridgehead atoms. The number of rotatable bonds is 6. The summed E-state index contributed by atoms with van der Waals surface area (Å²) in [7, 11) is 0. The van der Waals surface area contributed by atoms with Gasteiger partial charge in [-0.05, 0) is 76.9 Å². The zero-order valence-corrected chi connectivity index (χ0v) is 27.1. The molecule has 12 nitrogen and oxygen atoms in total. The minimum Gasteiger partial charge on any atom is -0.444 e. The molecule has 5 rings (SSSR count). The number of pyridine rings is 1. The molecule has 1 N–H and O–H groups in total. The number of alkyl halides is 3. The van der Waals surface area contributed by atoms with Crippen LogP contribution in [0.25, 0.3) is 17.2 Å². The maximum Gasteiger partial charge on any atom is 0.416 e. The molecule has 0 spiro atoms. The first-order valence-electron chi connectivity index (χ1n) is 15.2. The van der Waals surface area contributed by atoms with E-state index in [0.29, 0.717) is 49.5 Å². The number of aryl methyl sites for hydroxylation is 2. The summed E-state index contributed by atoms with van der Waals surface area (Å²) >= 11 is 0. The molecule has 0 radical (unpaired) electrons. The molecule has 0 saturated carbocycles. The lowest BCUT2D eigenvalue weighted by molar-refractivity contribution is -0.137. The average Bonchev–Trinajstić information content (AvgIpc) is 3.44. The molecule has 15 heteroatoms. The molecular weight excluding hydrogens is 617 g/mol. The summed E-state index contributed by atoms with van der Waals surface area (Å²) in [4.78, 5) is 52.6. The Bertz CT molecular complexity index is 1870. The molecule has 250 valence electrons. The summed E-state index contributed by atoms with van der Waals surface area (Å²) in [6.45, 7) is 11.5. The van der Waals surface area contributed by atoms with E-state index in [1.54, 1.807) is 48.6 Å². The summed E-state index contributed by atoms with van der Waals surface area (Å²) in [6.07, 6.45) is -3.02. The van der Waals surface area contributed by atoms with Gasteiger partial charge in [0.05, 0.1) is 11.3 Å². The van der Waals surface area contributed by atoms with Crippen LogP contribution in [0, 0.1) is 13.8 Å². The van der Waals surface area contributed by atoms with Crippen molar-refractivity contribution in [3.05, 3.63) is 69.4 Å². The van der Waals surface area contributed by atoms with Gasteiger partial charge in [0.15, 0.2) is 5.82 Å². The fraction of sp³-hybridized carbons (Fsp3) is 0.438. The number of hydrogen-bond acceptors (Lipinski definition) is 8. The zero-order chi connectivity index (χ0) is 34.3. The second kappa shape index (κ2) is 12.7. The van der Waals surface area contributed by atoms with Crippen LogP contribution in [0.4, 0.5) is 29.3 Å². The third kappa shape index (κ3) is 7.23. The summed E-state index contributed by atoms with van der Waals surface area (Å²) in [5.41, 5.74) is 0.764. The predicted molar refractivity (Wildman–Crippen MR) is 169 cm³/mol. The predicted octanol–water partition coefficient (Wildman–Crippen LogP) is 4.85. The van der Waals surface area contributed by atoms with Crippen LogP contribution in [0.2, 0.25) is 0 Å². The molecule has 47 heavy (non-hydrogen) atoms. The molecule has 0 unspecified atom stereocenters. The van der Waals surface area contributed by atoms with Crippen molar-refractivity contribution in [3.63, 3.8) is 0 Å². The molecule has 1 aliphatic heterocycles. The number of carbonyl (C=O) groups excluding carboxylic acids is 2. The Balaban J connectivity index is 1.53. The Morgan fingerprint density at radius 2 is 1.72 bits per heavy atom. The van der Waals surface area contributed by atoms with Crippen LogP contribution in [-0.2, 0) is 28.7 Å². The molecule has 1 fully saturated rings. The molecule has 1 saturated heterocycles. The first-order valence-corrected chi connectivity index (χ1v) is 15.2. The number of aromatic nitrogens is 5. The molecule has 4 heterocycles. The van der Waals surface area contributed by atoms with Crippen molar-refractivity contribution >= 4 is 29.2 Å². The third-order valence-corrected chi connectivity index (χ3v) is 7.71. The van der Waals surface area contributed by atoms with E-state index in [9.17, 15) is 27.6 Å². The number of benzene rings is 1. The van der Waals surface area contributed by atoms with E-state index in [1.165, 1.54) is 13.0 Å². The van der Waals surface area contributed by atoms with Crippen molar-refractivity contribution < 1.29 is 27.5 Å². The SMILES string of the molecule is CCc1c(N2CCN(C(=O)OC(C)(C)C)CC2)c(=O)n2nc(-c3ccc(C)nc3)nc2n1CC(=O)Nc1ccc(C(F)(F)F)cc1C. The lowest BCUT2D eigenvalue weighted by atomic mass is 10.1. The number of nitrogens with one attached hydrogen (secondary N) is 1. The number of ether oxygens (including phenoxy) is 1. The third-order valence-electron chi connectivity index (χ3n) is 7.71. The molecule has 2 amide bonds. The van der Waals surface area contributed by atoms with Gasteiger partial charge in [0.25, 0.3) is 5.56 Å². The number of nitrogens with zero attached hydrogens (tertiary/aromatic N) is 7. The summed E-state index contributed by atoms with van der Waals surface area (Å²) in [5.74, 6) is -0.176. The molecule has 3 aromatic heterocycles. The average molecular weight is 655 g/mol. The van der Waals surface area contributed by atoms with E-state index in [0.717, 1.165) is 22.3 Å². The molecule has 0 aliphatic carbocycles. The maximum atomic E-state index is 14.1.